The zero-order valence-corrected chi connectivity index (χ0v) is 10.6. The molecule has 20 heavy (non-hydrogen) atoms. The molecule has 0 aromatic heterocycles. The van der Waals surface area contributed by atoms with Crippen LogP contribution >= 0.6 is 0 Å². The van der Waals surface area contributed by atoms with E-state index in [0.29, 0.717) is 12.1 Å². The highest BCUT2D eigenvalue weighted by molar-refractivity contribution is 5.84. The Bertz CT molecular complexity index is 509. The highest BCUT2D eigenvalue weighted by atomic mass is 19.4. The van der Waals surface area contributed by atoms with Gasteiger partial charge in [0.15, 0.2) is 0 Å². The number of methoxy groups -OCH3 is 1. The summed E-state index contributed by atoms with van der Waals surface area (Å²) in [6, 6.07) is 2.39. The van der Waals surface area contributed by atoms with Gasteiger partial charge in [0.1, 0.15) is 11.6 Å². The van der Waals surface area contributed by atoms with Gasteiger partial charge in [-0.15, -0.1) is 0 Å². The fraction of sp³-hybridized carbons (Fsp3) is 0.385. The third-order valence-electron chi connectivity index (χ3n) is 2.57. The van der Waals surface area contributed by atoms with E-state index in [2.05, 4.69) is 4.74 Å². The molecule has 1 rings (SSSR count). The number of hydrogen-bond acceptors (Lipinski definition) is 3. The van der Waals surface area contributed by atoms with Crippen LogP contribution in [0.15, 0.2) is 18.2 Å². The lowest BCUT2D eigenvalue weighted by Crippen LogP contribution is -2.11. The normalized spacial score (nSPS) is 11.2. The van der Waals surface area contributed by atoms with Gasteiger partial charge in [0.2, 0.25) is 0 Å². The summed E-state index contributed by atoms with van der Waals surface area (Å²) in [4.78, 5) is 22.3. The Morgan fingerprint density at radius 3 is 2.40 bits per heavy atom. The molecule has 0 unspecified atom stereocenters. The van der Waals surface area contributed by atoms with Crippen molar-refractivity contribution in [3.05, 3.63) is 35.1 Å². The first-order valence-electron chi connectivity index (χ1n) is 5.68. The predicted molar refractivity (Wildman–Crippen MR) is 61.4 cm³/mol. The number of carbonyl (C=O) groups is 2. The van der Waals surface area contributed by atoms with Crippen molar-refractivity contribution in [2.45, 2.75) is 25.4 Å². The van der Waals surface area contributed by atoms with Gasteiger partial charge in [-0.1, -0.05) is 6.07 Å². The average Bonchev–Trinajstić information content (AvgIpc) is 2.37. The quantitative estimate of drug-likeness (QED) is 0.619. The summed E-state index contributed by atoms with van der Waals surface area (Å²) in [7, 11) is 1.17. The van der Waals surface area contributed by atoms with E-state index in [1.807, 2.05) is 0 Å². The first-order valence-corrected chi connectivity index (χ1v) is 5.68. The number of Topliss-reactive ketones (excluding diaryl/α,β-unsaturated/α-hetero) is 1. The third kappa shape index (κ3) is 4.64. The molecule has 0 spiro atoms. The molecule has 0 aliphatic rings. The zero-order chi connectivity index (χ0) is 15.3. The first kappa shape index (κ1) is 16.1. The van der Waals surface area contributed by atoms with Crippen molar-refractivity contribution in [2.24, 2.45) is 0 Å². The minimum Gasteiger partial charge on any atom is -0.469 e. The molecule has 0 saturated carbocycles. The smallest absolute Gasteiger partial charge is 0.419 e. The lowest BCUT2D eigenvalue weighted by molar-refractivity contribution is -0.142. The minimum atomic E-state index is -4.81. The van der Waals surface area contributed by atoms with E-state index >= 15 is 0 Å². The van der Waals surface area contributed by atoms with Crippen LogP contribution in [0.25, 0.3) is 0 Å². The lowest BCUT2D eigenvalue weighted by Gasteiger charge is -2.09. The van der Waals surface area contributed by atoms with Gasteiger partial charge in [-0.2, -0.15) is 13.2 Å². The number of alkyl halides is 3. The van der Waals surface area contributed by atoms with Crippen molar-refractivity contribution in [3.8, 4) is 0 Å². The summed E-state index contributed by atoms with van der Waals surface area (Å²) in [5, 5.41) is 0. The molecule has 1 aromatic rings. The molecule has 0 amide bonds. The molecular weight excluding hydrogens is 280 g/mol. The third-order valence-corrected chi connectivity index (χ3v) is 2.57. The van der Waals surface area contributed by atoms with Crippen LogP contribution in [-0.4, -0.2) is 18.9 Å². The maximum Gasteiger partial charge on any atom is 0.419 e. The Labute approximate surface area is 112 Å². The molecule has 110 valence electrons. The number of halogens is 4. The Kier molecular flexibility index (Phi) is 5.24. The fourth-order valence-corrected chi connectivity index (χ4v) is 1.56. The number of carbonyl (C=O) groups excluding carboxylic acids is 2. The molecule has 0 radical (unpaired) electrons. The number of hydrogen-bond donors (Lipinski definition) is 0. The van der Waals surface area contributed by atoms with Crippen molar-refractivity contribution < 1.29 is 31.9 Å². The Hall–Kier alpha value is -1.92. The molecule has 7 heteroatoms. The Morgan fingerprint density at radius 1 is 1.20 bits per heavy atom. The predicted octanol–water partition coefficient (Wildman–Crippen LogP) is 2.91. The maximum absolute atomic E-state index is 13.0. The molecule has 0 N–H and O–H groups in total. The molecular formula is C13H12F4O3. The molecule has 0 aliphatic carbocycles. The molecule has 0 bridgehead atoms. The van der Waals surface area contributed by atoms with Crippen LogP contribution in [0, 0.1) is 5.82 Å². The van der Waals surface area contributed by atoms with Crippen molar-refractivity contribution >= 4 is 11.8 Å². The van der Waals surface area contributed by atoms with Crippen LogP contribution in [0.4, 0.5) is 17.6 Å². The van der Waals surface area contributed by atoms with E-state index in [0.717, 1.165) is 6.07 Å². The highest BCUT2D eigenvalue weighted by Crippen LogP contribution is 2.32. The van der Waals surface area contributed by atoms with Gasteiger partial charge in [0.05, 0.1) is 19.1 Å². The van der Waals surface area contributed by atoms with Crippen molar-refractivity contribution in [3.63, 3.8) is 0 Å². The van der Waals surface area contributed by atoms with Gasteiger partial charge in [-0.3, -0.25) is 9.59 Å². The monoisotopic (exact) mass is 292 g/mol. The van der Waals surface area contributed by atoms with E-state index < -0.39 is 29.3 Å². The van der Waals surface area contributed by atoms with Gasteiger partial charge < -0.3 is 4.74 Å². The van der Waals surface area contributed by atoms with Crippen LogP contribution in [-0.2, 0) is 26.9 Å². The van der Waals surface area contributed by atoms with Gasteiger partial charge in [0.25, 0.3) is 0 Å². The summed E-state index contributed by atoms with van der Waals surface area (Å²) >= 11 is 0. The molecule has 0 heterocycles. The molecule has 0 saturated heterocycles. The van der Waals surface area contributed by atoms with Crippen LogP contribution in [0.1, 0.15) is 24.0 Å². The van der Waals surface area contributed by atoms with Crippen molar-refractivity contribution in [1.29, 1.82) is 0 Å². The second-order valence-corrected chi connectivity index (χ2v) is 4.10. The first-order chi connectivity index (χ1) is 9.24. The van der Waals surface area contributed by atoms with Gasteiger partial charge in [0, 0.05) is 12.8 Å². The SMILES string of the molecule is COC(=O)CCC(=O)Cc1ccc(F)c(C(F)(F)F)c1. The minimum absolute atomic E-state index is 0.0496. The molecule has 3 nitrogen and oxygen atoms in total. The van der Waals surface area contributed by atoms with E-state index in [1.165, 1.54) is 7.11 Å². The highest BCUT2D eigenvalue weighted by Gasteiger charge is 2.34. The van der Waals surface area contributed by atoms with Crippen molar-refractivity contribution in [1.82, 2.24) is 0 Å². The van der Waals surface area contributed by atoms with Gasteiger partial charge in [-0.25, -0.2) is 4.39 Å². The number of ketones is 1. The number of ether oxygens (including phenoxy) is 1. The fourth-order valence-electron chi connectivity index (χ4n) is 1.56. The van der Waals surface area contributed by atoms with Crippen molar-refractivity contribution in [2.75, 3.05) is 7.11 Å². The second kappa shape index (κ2) is 6.49. The second-order valence-electron chi connectivity index (χ2n) is 4.10. The van der Waals surface area contributed by atoms with E-state index in [1.54, 1.807) is 0 Å². The Balaban J connectivity index is 2.74. The number of benzene rings is 1. The maximum atomic E-state index is 13.0. The van der Waals surface area contributed by atoms with Crippen LogP contribution in [0.3, 0.4) is 0 Å². The summed E-state index contributed by atoms with van der Waals surface area (Å²) < 4.78 is 54.8. The van der Waals surface area contributed by atoms with Crippen LogP contribution < -0.4 is 0 Å². The topological polar surface area (TPSA) is 43.4 Å². The zero-order valence-electron chi connectivity index (χ0n) is 10.6. The van der Waals surface area contributed by atoms with E-state index in [4.69, 9.17) is 0 Å². The van der Waals surface area contributed by atoms with Gasteiger partial charge >= 0.3 is 12.1 Å². The van der Waals surface area contributed by atoms with Crippen LogP contribution in [0.2, 0.25) is 0 Å². The van der Waals surface area contributed by atoms with E-state index in [9.17, 15) is 27.2 Å². The Morgan fingerprint density at radius 2 is 1.85 bits per heavy atom. The largest absolute Gasteiger partial charge is 0.469 e. The molecule has 0 atom stereocenters. The summed E-state index contributed by atoms with van der Waals surface area (Å²) in [5.41, 5.74) is -1.36. The standard InChI is InChI=1S/C13H12F4O3/c1-20-12(19)5-3-9(18)6-8-2-4-11(14)10(7-8)13(15,16)17/h2,4,7H,3,5-6H2,1H3. The number of rotatable bonds is 5. The summed E-state index contributed by atoms with van der Waals surface area (Å²) in [6.07, 6.45) is -5.37. The lowest BCUT2D eigenvalue weighted by atomic mass is 10.0. The summed E-state index contributed by atoms with van der Waals surface area (Å²) in [6.45, 7) is 0. The summed E-state index contributed by atoms with van der Waals surface area (Å²) in [5.74, 6) is -2.38. The molecule has 0 aliphatic heterocycles. The molecule has 1 aromatic carbocycles. The molecule has 0 fully saturated rings. The number of esters is 1. The average molecular weight is 292 g/mol. The van der Waals surface area contributed by atoms with Gasteiger partial charge in [-0.05, 0) is 17.7 Å². The van der Waals surface area contributed by atoms with E-state index in [-0.39, 0.29) is 24.8 Å². The van der Waals surface area contributed by atoms with Crippen LogP contribution in [0.5, 0.6) is 0 Å².